The van der Waals surface area contributed by atoms with E-state index in [4.69, 9.17) is 5.73 Å². The van der Waals surface area contributed by atoms with Crippen LogP contribution in [-0.4, -0.2) is 27.3 Å². The molecule has 0 radical (unpaired) electrons. The van der Waals surface area contributed by atoms with Crippen molar-refractivity contribution in [3.05, 3.63) is 35.9 Å². The topological polar surface area (TPSA) is 101 Å². The van der Waals surface area contributed by atoms with E-state index < -0.39 is 5.41 Å². The van der Waals surface area contributed by atoms with Crippen molar-refractivity contribution >= 4 is 11.7 Å². The molecule has 6 heteroatoms. The van der Waals surface area contributed by atoms with Crippen LogP contribution in [0.3, 0.4) is 0 Å². The average Bonchev–Trinajstić information content (AvgIpc) is 2.91. The van der Waals surface area contributed by atoms with E-state index in [9.17, 15) is 9.90 Å². The maximum atomic E-state index is 12.6. The van der Waals surface area contributed by atoms with Gasteiger partial charge in [-0.3, -0.25) is 4.79 Å². The molecule has 2 saturated carbocycles. The fourth-order valence-electron chi connectivity index (χ4n) is 4.36. The van der Waals surface area contributed by atoms with Gasteiger partial charge in [0, 0.05) is 17.2 Å². The Hall–Kier alpha value is -2.47. The maximum Gasteiger partial charge on any atom is 0.236 e. The minimum absolute atomic E-state index is 0.00985. The van der Waals surface area contributed by atoms with Gasteiger partial charge in [0.1, 0.15) is 5.75 Å². The smallest absolute Gasteiger partial charge is 0.236 e. The van der Waals surface area contributed by atoms with E-state index in [0.717, 1.165) is 18.4 Å². The lowest BCUT2D eigenvalue weighted by Gasteiger charge is -2.24. The maximum absolute atomic E-state index is 12.6. The molecule has 2 aliphatic carbocycles. The Morgan fingerprint density at radius 3 is 2.70 bits per heavy atom. The summed E-state index contributed by atoms with van der Waals surface area (Å²) in [6, 6.07) is 9.15. The summed E-state index contributed by atoms with van der Waals surface area (Å²) in [5.41, 5.74) is 7.62. The number of aromatic hydroxyl groups is 1. The number of anilines is 1. The van der Waals surface area contributed by atoms with Gasteiger partial charge in [-0.15, -0.1) is 10.2 Å². The van der Waals surface area contributed by atoms with Gasteiger partial charge in [0.2, 0.25) is 5.91 Å². The molecular formula is C17H16N4O2. The fraction of sp³-hybridized carbons (Fsp3) is 0.353. The van der Waals surface area contributed by atoms with Crippen molar-refractivity contribution in [1.82, 2.24) is 10.2 Å². The molecule has 6 nitrogen and oxygen atoms in total. The normalized spacial score (nSPS) is 33.4. The lowest BCUT2D eigenvalue weighted by Crippen LogP contribution is -2.35. The summed E-state index contributed by atoms with van der Waals surface area (Å²) in [4.78, 5) is 12.6. The van der Waals surface area contributed by atoms with Gasteiger partial charge in [-0.1, -0.05) is 12.1 Å². The Labute approximate surface area is 132 Å². The second kappa shape index (κ2) is 4.08. The highest BCUT2D eigenvalue weighted by Crippen LogP contribution is 2.62. The Bertz CT molecular complexity index is 838. The highest BCUT2D eigenvalue weighted by atomic mass is 16.3. The second-order valence-corrected chi connectivity index (χ2v) is 6.86. The molecule has 4 N–H and O–H groups in total. The number of carbonyl (C=O) groups is 1. The van der Waals surface area contributed by atoms with Crippen LogP contribution in [0.15, 0.2) is 30.3 Å². The van der Waals surface area contributed by atoms with Gasteiger partial charge in [0.15, 0.2) is 5.82 Å². The summed E-state index contributed by atoms with van der Waals surface area (Å²) in [6.45, 7) is 0. The van der Waals surface area contributed by atoms with Crippen molar-refractivity contribution < 1.29 is 9.90 Å². The lowest BCUT2D eigenvalue weighted by molar-refractivity contribution is -0.121. The van der Waals surface area contributed by atoms with Crippen molar-refractivity contribution in [2.75, 3.05) is 5.32 Å². The molecule has 2 fully saturated rings. The van der Waals surface area contributed by atoms with Crippen LogP contribution in [0, 0.1) is 11.8 Å². The lowest BCUT2D eigenvalue weighted by atomic mass is 9.77. The zero-order valence-electron chi connectivity index (χ0n) is 12.4. The van der Waals surface area contributed by atoms with Crippen LogP contribution in [0.4, 0.5) is 5.82 Å². The number of para-hydroxylation sites is 1. The summed E-state index contributed by atoms with van der Waals surface area (Å²) in [5.74, 6) is 1.59. The third kappa shape index (κ3) is 1.59. The number of phenolic OH excluding ortho intramolecular Hbond substituents is 1. The summed E-state index contributed by atoms with van der Waals surface area (Å²) in [5, 5.41) is 21.2. The standard InChI is InChI=1S/C17H16N4O2/c18-14-9-6-17(7-10(9)14)11-5-12(8-3-1-2-4-13(8)22)20-21-15(11)19-16(17)23/h1-5,9-10,14,22H,6-7,18H2,(H,19,21,23). The first kappa shape index (κ1) is 13.0. The van der Waals surface area contributed by atoms with Gasteiger partial charge in [-0.05, 0) is 42.9 Å². The number of nitrogens with two attached hydrogens (primary N) is 1. The summed E-state index contributed by atoms with van der Waals surface area (Å²) < 4.78 is 0. The van der Waals surface area contributed by atoms with Gasteiger partial charge in [-0.25, -0.2) is 0 Å². The predicted molar refractivity (Wildman–Crippen MR) is 83.6 cm³/mol. The molecule has 0 saturated heterocycles. The van der Waals surface area contributed by atoms with Gasteiger partial charge in [0.05, 0.1) is 11.1 Å². The van der Waals surface area contributed by atoms with Crippen LogP contribution in [0.25, 0.3) is 11.3 Å². The minimum atomic E-state index is -0.518. The van der Waals surface area contributed by atoms with Crippen LogP contribution in [0.5, 0.6) is 5.75 Å². The molecule has 116 valence electrons. The van der Waals surface area contributed by atoms with Gasteiger partial charge in [-0.2, -0.15) is 0 Å². The molecule has 1 aromatic carbocycles. The highest BCUT2D eigenvalue weighted by Gasteiger charge is 2.65. The highest BCUT2D eigenvalue weighted by molar-refractivity contribution is 6.06. The summed E-state index contributed by atoms with van der Waals surface area (Å²) >= 11 is 0. The first-order chi connectivity index (χ1) is 11.1. The van der Waals surface area contributed by atoms with Gasteiger partial charge < -0.3 is 16.2 Å². The van der Waals surface area contributed by atoms with E-state index in [1.807, 2.05) is 12.1 Å². The monoisotopic (exact) mass is 308 g/mol. The molecule has 2 heterocycles. The van der Waals surface area contributed by atoms with E-state index in [-0.39, 0.29) is 17.7 Å². The molecular weight excluding hydrogens is 292 g/mol. The second-order valence-electron chi connectivity index (χ2n) is 6.86. The summed E-state index contributed by atoms with van der Waals surface area (Å²) in [7, 11) is 0. The Morgan fingerprint density at radius 1 is 1.22 bits per heavy atom. The average molecular weight is 308 g/mol. The number of hydrogen-bond donors (Lipinski definition) is 3. The number of phenols is 1. The third-order valence-electron chi connectivity index (χ3n) is 5.72. The van der Waals surface area contributed by atoms with Crippen LogP contribution >= 0.6 is 0 Å². The molecule has 0 bridgehead atoms. The van der Waals surface area contributed by atoms with Crippen LogP contribution in [-0.2, 0) is 10.2 Å². The molecule has 1 aromatic heterocycles. The van der Waals surface area contributed by atoms with Crippen LogP contribution < -0.4 is 11.1 Å². The SMILES string of the molecule is NC1C2CC3(CC12)C(=O)Nc1nnc(-c2ccccc2O)cc13. The van der Waals surface area contributed by atoms with Crippen molar-refractivity contribution in [2.45, 2.75) is 24.3 Å². The van der Waals surface area contributed by atoms with E-state index in [0.29, 0.717) is 28.9 Å². The number of nitrogens with zero attached hydrogens (tertiary/aromatic N) is 2. The number of carbonyl (C=O) groups excluding carboxylic acids is 1. The van der Waals surface area contributed by atoms with Gasteiger partial charge >= 0.3 is 0 Å². The Morgan fingerprint density at radius 2 is 1.96 bits per heavy atom. The Balaban J connectivity index is 1.62. The molecule has 1 amide bonds. The van der Waals surface area contributed by atoms with E-state index >= 15 is 0 Å². The number of nitrogens with one attached hydrogen (secondary N) is 1. The van der Waals surface area contributed by atoms with Crippen molar-refractivity contribution in [3.8, 4) is 17.0 Å². The van der Waals surface area contributed by atoms with Crippen molar-refractivity contribution in [3.63, 3.8) is 0 Å². The molecule has 2 unspecified atom stereocenters. The number of rotatable bonds is 1. The number of fused-ring (bicyclic) bond motifs is 3. The number of amides is 1. The first-order valence-electron chi connectivity index (χ1n) is 7.84. The van der Waals surface area contributed by atoms with Crippen LogP contribution in [0.2, 0.25) is 0 Å². The predicted octanol–water partition coefficient (Wildman–Crippen LogP) is 1.41. The molecule has 1 spiro atoms. The Kier molecular flexibility index (Phi) is 2.31. The number of aromatic nitrogens is 2. The third-order valence-corrected chi connectivity index (χ3v) is 5.72. The molecule has 1 aliphatic heterocycles. The number of benzene rings is 1. The minimum Gasteiger partial charge on any atom is -0.507 e. The molecule has 2 aromatic rings. The largest absolute Gasteiger partial charge is 0.507 e. The molecule has 3 aliphatic rings. The quantitative estimate of drug-likeness (QED) is 0.739. The van der Waals surface area contributed by atoms with E-state index in [1.165, 1.54) is 0 Å². The molecule has 2 atom stereocenters. The summed E-state index contributed by atoms with van der Waals surface area (Å²) in [6.07, 6.45) is 1.56. The molecule has 23 heavy (non-hydrogen) atoms. The fourth-order valence-corrected chi connectivity index (χ4v) is 4.36. The molecule has 5 rings (SSSR count). The van der Waals surface area contributed by atoms with E-state index in [2.05, 4.69) is 15.5 Å². The van der Waals surface area contributed by atoms with E-state index in [1.54, 1.807) is 18.2 Å². The van der Waals surface area contributed by atoms with Crippen molar-refractivity contribution in [2.24, 2.45) is 17.6 Å². The number of hydrogen-bond acceptors (Lipinski definition) is 5. The zero-order valence-corrected chi connectivity index (χ0v) is 12.4. The first-order valence-corrected chi connectivity index (χ1v) is 7.84. The zero-order chi connectivity index (χ0) is 15.8. The van der Waals surface area contributed by atoms with Crippen molar-refractivity contribution in [1.29, 1.82) is 0 Å². The van der Waals surface area contributed by atoms with Crippen LogP contribution in [0.1, 0.15) is 18.4 Å². The van der Waals surface area contributed by atoms with Gasteiger partial charge in [0.25, 0.3) is 0 Å².